The molecule has 0 unspecified atom stereocenters. The van der Waals surface area contributed by atoms with Crippen molar-refractivity contribution in [1.29, 1.82) is 0 Å². The molecule has 0 aromatic heterocycles. The fourth-order valence-electron chi connectivity index (χ4n) is 5.62. The van der Waals surface area contributed by atoms with Crippen LogP contribution in [-0.4, -0.2) is 57.4 Å². The van der Waals surface area contributed by atoms with E-state index in [0.717, 1.165) is 15.9 Å². The van der Waals surface area contributed by atoms with Crippen molar-refractivity contribution in [3.63, 3.8) is 0 Å². The smallest absolute Gasteiger partial charge is 0.338 e. The zero-order valence-electron chi connectivity index (χ0n) is 27.5. The molecule has 0 fully saturated rings. The molecule has 3 atom stereocenters. The average molecular weight is 653 g/mol. The summed E-state index contributed by atoms with van der Waals surface area (Å²) in [7, 11) is -1.69. The number of carbonyl (C=O) groups excluding carboxylic acids is 2. The van der Waals surface area contributed by atoms with Crippen molar-refractivity contribution in [2.45, 2.75) is 57.1 Å². The van der Waals surface area contributed by atoms with Crippen LogP contribution >= 0.6 is 0 Å². The fourth-order valence-corrected chi connectivity index (χ4v) is 10.2. The van der Waals surface area contributed by atoms with Gasteiger partial charge in [0.2, 0.25) is 0 Å². The van der Waals surface area contributed by atoms with Crippen LogP contribution < -0.4 is 10.4 Å². The molecule has 0 saturated carbocycles. The lowest BCUT2D eigenvalue weighted by atomic mass is 10.1. The predicted octanol–water partition coefficient (Wildman–Crippen LogP) is 5.85. The second-order valence-electron chi connectivity index (χ2n) is 12.3. The fraction of sp³-hybridized carbons (Fsp3) is 0.282. The Kier molecular flexibility index (Phi) is 12.8. The number of aliphatic hydroxyl groups is 1. The van der Waals surface area contributed by atoms with Gasteiger partial charge in [-0.3, -0.25) is 0 Å². The molecule has 0 amide bonds. The maximum atomic E-state index is 13.1. The molecular formula is C39H44O7Si. The third-order valence-electron chi connectivity index (χ3n) is 8.00. The second kappa shape index (κ2) is 17.0. The number of aliphatic hydroxyl groups excluding tert-OH is 1. The lowest BCUT2D eigenvalue weighted by Gasteiger charge is -2.43. The molecule has 0 aliphatic carbocycles. The highest BCUT2D eigenvalue weighted by molar-refractivity contribution is 6.99. The predicted molar refractivity (Wildman–Crippen MR) is 186 cm³/mol. The Morgan fingerprint density at radius 3 is 1.81 bits per heavy atom. The van der Waals surface area contributed by atoms with E-state index >= 15 is 0 Å². The van der Waals surface area contributed by atoms with E-state index < -0.39 is 38.6 Å². The Balaban J connectivity index is 1.66. The number of rotatable bonds is 15. The molecule has 4 aromatic rings. The highest BCUT2D eigenvalue weighted by Gasteiger charge is 2.50. The second-order valence-corrected chi connectivity index (χ2v) is 16.6. The first-order chi connectivity index (χ1) is 22.6. The summed E-state index contributed by atoms with van der Waals surface area (Å²) in [6.07, 6.45) is -0.118. The molecule has 1 N–H and O–H groups in total. The number of hydrogen-bond donors (Lipinski definition) is 1. The van der Waals surface area contributed by atoms with Gasteiger partial charge in [-0.1, -0.05) is 130 Å². The summed E-state index contributed by atoms with van der Waals surface area (Å²) in [4.78, 5) is 25.1. The van der Waals surface area contributed by atoms with Crippen molar-refractivity contribution >= 4 is 30.6 Å². The van der Waals surface area contributed by atoms with Crippen LogP contribution in [0.1, 0.15) is 43.1 Å². The van der Waals surface area contributed by atoms with Crippen molar-refractivity contribution in [2.75, 3.05) is 13.7 Å². The van der Waals surface area contributed by atoms with Gasteiger partial charge in [0.1, 0.15) is 12.2 Å². The number of benzene rings is 4. The van der Waals surface area contributed by atoms with Crippen LogP contribution in [0.2, 0.25) is 5.04 Å². The first-order valence-corrected chi connectivity index (χ1v) is 17.7. The normalized spacial score (nSPS) is 13.9. The van der Waals surface area contributed by atoms with Gasteiger partial charge in [-0.2, -0.15) is 0 Å². The van der Waals surface area contributed by atoms with Gasteiger partial charge in [-0.15, -0.1) is 0 Å². The summed E-state index contributed by atoms with van der Waals surface area (Å²) in [6.45, 7) is 6.69. The monoisotopic (exact) mass is 652 g/mol. The van der Waals surface area contributed by atoms with E-state index in [1.54, 1.807) is 30.3 Å². The maximum absolute atomic E-state index is 13.1. The molecule has 0 saturated heterocycles. The van der Waals surface area contributed by atoms with Gasteiger partial charge >= 0.3 is 11.9 Å². The third-order valence-corrected chi connectivity index (χ3v) is 13.0. The summed E-state index contributed by atoms with van der Waals surface area (Å²) < 4.78 is 24.0. The minimum atomic E-state index is -2.97. The summed E-state index contributed by atoms with van der Waals surface area (Å²) in [5.74, 6) is -1.16. The van der Waals surface area contributed by atoms with Gasteiger partial charge in [0.25, 0.3) is 8.32 Å². The average Bonchev–Trinajstić information content (AvgIpc) is 3.10. The minimum absolute atomic E-state index is 0.0349. The summed E-state index contributed by atoms with van der Waals surface area (Å²) in [6, 6.07) is 38.6. The first-order valence-electron chi connectivity index (χ1n) is 15.7. The van der Waals surface area contributed by atoms with Gasteiger partial charge in [0.05, 0.1) is 32.0 Å². The van der Waals surface area contributed by atoms with Crippen LogP contribution in [0.3, 0.4) is 0 Å². The quantitative estimate of drug-likeness (QED) is 0.0979. The van der Waals surface area contributed by atoms with Gasteiger partial charge < -0.3 is 23.7 Å². The minimum Gasteiger partial charge on any atom is -0.466 e. The van der Waals surface area contributed by atoms with Crippen LogP contribution in [0.5, 0.6) is 0 Å². The molecule has 0 radical (unpaired) electrons. The molecule has 4 rings (SSSR count). The lowest BCUT2D eigenvalue weighted by molar-refractivity contribution is -0.134. The van der Waals surface area contributed by atoms with E-state index in [2.05, 4.69) is 45.0 Å². The van der Waals surface area contributed by atoms with Crippen molar-refractivity contribution < 1.29 is 33.3 Å². The lowest BCUT2D eigenvalue weighted by Crippen LogP contribution is -2.67. The number of hydrogen-bond acceptors (Lipinski definition) is 7. The Labute approximate surface area is 278 Å². The number of methoxy groups -OCH3 is 1. The Morgan fingerprint density at radius 1 is 0.787 bits per heavy atom. The maximum Gasteiger partial charge on any atom is 0.338 e. The van der Waals surface area contributed by atoms with Gasteiger partial charge in [-0.05, 0) is 39.2 Å². The molecule has 0 aliphatic rings. The Morgan fingerprint density at radius 2 is 1.30 bits per heavy atom. The summed E-state index contributed by atoms with van der Waals surface area (Å²) >= 11 is 0. The zero-order valence-corrected chi connectivity index (χ0v) is 28.5. The third kappa shape index (κ3) is 9.59. The van der Waals surface area contributed by atoms with Crippen LogP contribution in [-0.2, 0) is 30.0 Å². The van der Waals surface area contributed by atoms with Crippen molar-refractivity contribution in [1.82, 2.24) is 0 Å². The number of ether oxygens (including phenoxy) is 3. The van der Waals surface area contributed by atoms with Crippen molar-refractivity contribution in [3.8, 4) is 0 Å². The highest BCUT2D eigenvalue weighted by Crippen LogP contribution is 2.37. The van der Waals surface area contributed by atoms with E-state index in [0.29, 0.717) is 5.56 Å². The SMILES string of the molecule is COC(=O)/C=C\[C@@H](C[C@@H](OCc1ccccc1)[C@@H](O)CO[Si](c1ccccc1)(c1ccccc1)C(C)(C)C)OC(=O)c1ccccc1. The summed E-state index contributed by atoms with van der Waals surface area (Å²) in [5, 5.41) is 13.7. The highest BCUT2D eigenvalue weighted by atomic mass is 28.4. The Hall–Kier alpha value is -4.34. The van der Waals surface area contributed by atoms with E-state index in [1.807, 2.05) is 66.7 Å². The van der Waals surface area contributed by atoms with Gasteiger partial charge in [-0.25, -0.2) is 9.59 Å². The molecule has 0 aliphatic heterocycles. The molecule has 8 heteroatoms. The summed E-state index contributed by atoms with van der Waals surface area (Å²) in [5.41, 5.74) is 1.28. The molecular weight excluding hydrogens is 609 g/mol. The number of carbonyl (C=O) groups is 2. The first kappa shape index (κ1) is 35.5. The largest absolute Gasteiger partial charge is 0.466 e. The van der Waals surface area contributed by atoms with Gasteiger partial charge in [0.15, 0.2) is 0 Å². The van der Waals surface area contributed by atoms with Crippen LogP contribution in [0.25, 0.3) is 0 Å². The topological polar surface area (TPSA) is 91.3 Å². The van der Waals surface area contributed by atoms with E-state index in [-0.39, 0.29) is 24.7 Å². The molecule has 0 spiro atoms. The van der Waals surface area contributed by atoms with E-state index in [1.165, 1.54) is 19.3 Å². The number of esters is 2. The zero-order chi connectivity index (χ0) is 33.7. The van der Waals surface area contributed by atoms with Crippen LogP contribution in [0.15, 0.2) is 133 Å². The van der Waals surface area contributed by atoms with E-state index in [4.69, 9.17) is 18.6 Å². The van der Waals surface area contributed by atoms with E-state index in [9.17, 15) is 14.7 Å². The molecule has 246 valence electrons. The van der Waals surface area contributed by atoms with Crippen LogP contribution in [0, 0.1) is 0 Å². The molecule has 47 heavy (non-hydrogen) atoms. The van der Waals surface area contributed by atoms with Crippen LogP contribution in [0.4, 0.5) is 0 Å². The molecule has 0 bridgehead atoms. The molecule has 4 aromatic carbocycles. The standard InChI is InChI=1S/C39H44O7Si/c1-39(2,3)47(33-21-13-7-14-22-33,34-23-15-8-16-24-34)45-29-35(40)36(44-28-30-17-9-5-10-18-30)27-32(25-26-37(41)43-4)46-38(42)31-19-11-6-12-20-31/h5-26,32,35-36,40H,27-29H2,1-4H3/b26-25-/t32-,35-,36+/m0/s1. The molecule has 7 nitrogen and oxygen atoms in total. The van der Waals surface area contributed by atoms with Gasteiger partial charge in [0, 0.05) is 12.5 Å². The Bertz CT molecular complexity index is 1520. The van der Waals surface area contributed by atoms with Crippen molar-refractivity contribution in [3.05, 3.63) is 145 Å². The molecule has 0 heterocycles. The van der Waals surface area contributed by atoms with Crippen molar-refractivity contribution in [2.24, 2.45) is 0 Å².